The van der Waals surface area contributed by atoms with Gasteiger partial charge >= 0.3 is 5.69 Å². The van der Waals surface area contributed by atoms with Crippen molar-refractivity contribution in [2.24, 2.45) is 0 Å². The number of rotatable bonds is 4. The summed E-state index contributed by atoms with van der Waals surface area (Å²) in [6.45, 7) is 0.132. The molecule has 2 aromatic rings. The van der Waals surface area contributed by atoms with Crippen molar-refractivity contribution in [1.29, 1.82) is 5.26 Å². The van der Waals surface area contributed by atoms with E-state index in [9.17, 15) is 10.1 Å². The maximum atomic E-state index is 10.9. The molecule has 0 amide bonds. The van der Waals surface area contributed by atoms with E-state index in [4.69, 9.17) is 15.1 Å². The Morgan fingerprint density at radius 3 is 2.55 bits per heavy atom. The third-order valence-corrected chi connectivity index (χ3v) is 2.62. The van der Waals surface area contributed by atoms with Gasteiger partial charge in [0.05, 0.1) is 16.6 Å². The molecule has 0 saturated heterocycles. The molecule has 6 nitrogen and oxygen atoms in total. The topological polar surface area (TPSA) is 96.4 Å². The minimum absolute atomic E-state index is 0.0991. The summed E-state index contributed by atoms with van der Waals surface area (Å²) >= 11 is 0. The highest BCUT2D eigenvalue weighted by molar-refractivity contribution is 5.51. The van der Waals surface area contributed by atoms with E-state index in [2.05, 4.69) is 0 Å². The predicted molar refractivity (Wildman–Crippen MR) is 70.3 cm³/mol. The number of hydrogen-bond donors (Lipinski definition) is 1. The van der Waals surface area contributed by atoms with Gasteiger partial charge in [-0.1, -0.05) is 12.1 Å². The summed E-state index contributed by atoms with van der Waals surface area (Å²) in [4.78, 5) is 10.3. The molecular weight excluding hydrogens is 260 g/mol. The summed E-state index contributed by atoms with van der Waals surface area (Å²) in [6.07, 6.45) is 0. The molecule has 0 spiro atoms. The quantitative estimate of drug-likeness (QED) is 0.680. The molecule has 0 aliphatic carbocycles. The molecule has 2 aromatic carbocycles. The summed E-state index contributed by atoms with van der Waals surface area (Å²) in [5.41, 5.74) is 0.720. The number of ether oxygens (including phenoxy) is 1. The van der Waals surface area contributed by atoms with Gasteiger partial charge in [0.1, 0.15) is 12.4 Å². The molecule has 0 radical (unpaired) electrons. The van der Waals surface area contributed by atoms with E-state index < -0.39 is 4.92 Å². The van der Waals surface area contributed by atoms with Crippen LogP contribution in [0.2, 0.25) is 0 Å². The van der Waals surface area contributed by atoms with Crippen molar-refractivity contribution in [3.8, 4) is 17.6 Å². The number of nitro benzene ring substituents is 1. The lowest BCUT2D eigenvalue weighted by atomic mass is 10.2. The van der Waals surface area contributed by atoms with Gasteiger partial charge in [-0.25, -0.2) is 0 Å². The van der Waals surface area contributed by atoms with Crippen LogP contribution in [0.25, 0.3) is 0 Å². The van der Waals surface area contributed by atoms with Crippen molar-refractivity contribution < 1.29 is 14.8 Å². The van der Waals surface area contributed by atoms with Crippen LogP contribution >= 0.6 is 0 Å². The van der Waals surface area contributed by atoms with Crippen LogP contribution < -0.4 is 4.74 Å². The van der Waals surface area contributed by atoms with Crippen LogP contribution in [-0.2, 0) is 6.61 Å². The lowest BCUT2D eigenvalue weighted by Crippen LogP contribution is -1.99. The average Bonchev–Trinajstić information content (AvgIpc) is 2.46. The van der Waals surface area contributed by atoms with Gasteiger partial charge in [0.25, 0.3) is 0 Å². The fraction of sp³-hybridized carbons (Fsp3) is 0.0714. The van der Waals surface area contributed by atoms with Crippen LogP contribution in [0.4, 0.5) is 5.69 Å². The van der Waals surface area contributed by atoms with Crippen LogP contribution in [0.1, 0.15) is 11.1 Å². The molecule has 1 N–H and O–H groups in total. The van der Waals surface area contributed by atoms with E-state index in [0.29, 0.717) is 0 Å². The van der Waals surface area contributed by atoms with Crippen molar-refractivity contribution in [2.45, 2.75) is 6.61 Å². The zero-order chi connectivity index (χ0) is 14.5. The lowest BCUT2D eigenvalue weighted by molar-refractivity contribution is -0.386. The number of nitrogens with zero attached hydrogens (tertiary/aromatic N) is 2. The molecule has 20 heavy (non-hydrogen) atoms. The van der Waals surface area contributed by atoms with Gasteiger partial charge in [0, 0.05) is 6.07 Å². The third kappa shape index (κ3) is 3.03. The maximum absolute atomic E-state index is 10.9. The summed E-state index contributed by atoms with van der Waals surface area (Å²) in [5.74, 6) is 0.236. The first-order chi connectivity index (χ1) is 9.60. The third-order valence-electron chi connectivity index (χ3n) is 2.62. The van der Waals surface area contributed by atoms with Crippen LogP contribution in [0.5, 0.6) is 11.5 Å². The van der Waals surface area contributed by atoms with Gasteiger partial charge in [-0.3, -0.25) is 10.1 Å². The fourth-order valence-corrected chi connectivity index (χ4v) is 1.60. The van der Waals surface area contributed by atoms with Gasteiger partial charge in [-0.15, -0.1) is 0 Å². The van der Waals surface area contributed by atoms with E-state index in [0.717, 1.165) is 5.56 Å². The van der Waals surface area contributed by atoms with Crippen molar-refractivity contribution in [1.82, 2.24) is 0 Å². The maximum Gasteiger partial charge on any atom is 0.312 e. The second-order valence-corrected chi connectivity index (χ2v) is 4.01. The van der Waals surface area contributed by atoms with Crippen molar-refractivity contribution in [3.63, 3.8) is 0 Å². The number of phenolic OH excluding ortho intramolecular Hbond substituents is 1. The van der Waals surface area contributed by atoms with Gasteiger partial charge in [0.15, 0.2) is 5.75 Å². The second-order valence-electron chi connectivity index (χ2n) is 4.01. The monoisotopic (exact) mass is 270 g/mol. The predicted octanol–water partition coefficient (Wildman–Crippen LogP) is 2.75. The lowest BCUT2D eigenvalue weighted by Gasteiger charge is -2.07. The smallest absolute Gasteiger partial charge is 0.312 e. The van der Waals surface area contributed by atoms with Crippen LogP contribution in [-0.4, -0.2) is 10.0 Å². The molecule has 0 fully saturated rings. The van der Waals surface area contributed by atoms with E-state index in [1.54, 1.807) is 12.1 Å². The zero-order valence-electron chi connectivity index (χ0n) is 10.3. The van der Waals surface area contributed by atoms with Crippen LogP contribution in [0, 0.1) is 21.4 Å². The first-order valence-electron chi connectivity index (χ1n) is 5.69. The van der Waals surface area contributed by atoms with Gasteiger partial charge in [-0.05, 0) is 29.8 Å². The van der Waals surface area contributed by atoms with Crippen molar-refractivity contribution >= 4 is 5.69 Å². The Bertz CT molecular complexity index is 675. The van der Waals surface area contributed by atoms with E-state index in [1.807, 2.05) is 6.07 Å². The van der Waals surface area contributed by atoms with Crippen molar-refractivity contribution in [2.75, 3.05) is 0 Å². The molecule has 0 aliphatic heterocycles. The van der Waals surface area contributed by atoms with Crippen LogP contribution in [0.3, 0.4) is 0 Å². The number of hydrogen-bond acceptors (Lipinski definition) is 5. The minimum atomic E-state index is -0.590. The number of benzene rings is 2. The highest BCUT2D eigenvalue weighted by Crippen LogP contribution is 2.28. The SMILES string of the molecule is N#Cc1ccc(OCc2ccc(O)cc2)c([N+](=O)[O-])c1. The first-order valence-corrected chi connectivity index (χ1v) is 5.69. The zero-order valence-corrected chi connectivity index (χ0v) is 10.3. The molecular formula is C14H10N2O4. The molecule has 0 saturated carbocycles. The number of aromatic hydroxyl groups is 1. The van der Waals surface area contributed by atoms with E-state index in [1.165, 1.54) is 30.3 Å². The summed E-state index contributed by atoms with van der Waals surface area (Å²) in [6, 6.07) is 12.2. The molecule has 100 valence electrons. The summed E-state index contributed by atoms with van der Waals surface area (Å²) in [7, 11) is 0. The van der Waals surface area contributed by atoms with E-state index in [-0.39, 0.29) is 29.4 Å². The Morgan fingerprint density at radius 1 is 1.25 bits per heavy atom. The fourth-order valence-electron chi connectivity index (χ4n) is 1.60. The van der Waals surface area contributed by atoms with Gasteiger partial charge in [-0.2, -0.15) is 5.26 Å². The van der Waals surface area contributed by atoms with Crippen molar-refractivity contribution in [3.05, 3.63) is 63.7 Å². The second kappa shape index (κ2) is 5.71. The Hall–Kier alpha value is -3.07. The minimum Gasteiger partial charge on any atom is -0.508 e. The van der Waals surface area contributed by atoms with Crippen LogP contribution in [0.15, 0.2) is 42.5 Å². The summed E-state index contributed by atoms with van der Waals surface area (Å²) < 4.78 is 5.39. The Balaban J connectivity index is 2.19. The highest BCUT2D eigenvalue weighted by atomic mass is 16.6. The van der Waals surface area contributed by atoms with Gasteiger partial charge in [0.2, 0.25) is 0 Å². The molecule has 0 aliphatic rings. The molecule has 0 unspecified atom stereocenters. The Labute approximate surface area is 114 Å². The van der Waals surface area contributed by atoms with Gasteiger partial charge < -0.3 is 9.84 Å². The highest BCUT2D eigenvalue weighted by Gasteiger charge is 2.16. The normalized spacial score (nSPS) is 9.75. The number of nitro groups is 1. The molecule has 2 rings (SSSR count). The molecule has 0 aromatic heterocycles. The molecule has 0 atom stereocenters. The number of phenols is 1. The van der Waals surface area contributed by atoms with E-state index >= 15 is 0 Å². The Morgan fingerprint density at radius 2 is 1.95 bits per heavy atom. The molecule has 0 bridgehead atoms. The standard InChI is InChI=1S/C14H10N2O4/c15-8-11-3-6-14(13(7-11)16(18)19)20-9-10-1-4-12(17)5-2-10/h1-7,17H,9H2. The largest absolute Gasteiger partial charge is 0.508 e. The first kappa shape index (κ1) is 13.4. The number of nitriles is 1. The average molecular weight is 270 g/mol. The molecule has 0 heterocycles. The molecule has 6 heteroatoms. The summed E-state index contributed by atoms with van der Waals surface area (Å²) in [5, 5.41) is 28.8. The Kier molecular flexibility index (Phi) is 3.82.